The van der Waals surface area contributed by atoms with Crippen molar-refractivity contribution in [2.24, 2.45) is 0 Å². The summed E-state index contributed by atoms with van der Waals surface area (Å²) in [6.07, 6.45) is 2.24. The van der Waals surface area contributed by atoms with Crippen molar-refractivity contribution in [1.29, 1.82) is 0 Å². The highest BCUT2D eigenvalue weighted by Crippen LogP contribution is 2.20. The number of hydrogen-bond donors (Lipinski definition) is 1. The van der Waals surface area contributed by atoms with Gasteiger partial charge in [0, 0.05) is 24.4 Å². The van der Waals surface area contributed by atoms with Gasteiger partial charge in [0.1, 0.15) is 0 Å². The number of methoxy groups -OCH3 is 1. The Morgan fingerprint density at radius 3 is 2.42 bits per heavy atom. The Balaban J connectivity index is 2.08. The highest BCUT2D eigenvalue weighted by Gasteiger charge is 2.16. The van der Waals surface area contributed by atoms with Crippen LogP contribution in [-0.2, 0) is 9.53 Å². The smallest absolute Gasteiger partial charge is 0.337 e. The van der Waals surface area contributed by atoms with Crippen molar-refractivity contribution in [2.75, 3.05) is 25.1 Å². The molecule has 1 aliphatic heterocycles. The average molecular weight is 261 g/mol. The maximum atomic E-state index is 11.3. The van der Waals surface area contributed by atoms with Gasteiger partial charge in [0.15, 0.2) is 0 Å². The molecule has 5 nitrogen and oxygen atoms in total. The Labute approximate surface area is 111 Å². The van der Waals surface area contributed by atoms with Gasteiger partial charge >= 0.3 is 11.9 Å². The molecule has 1 aromatic carbocycles. The Morgan fingerprint density at radius 2 is 1.95 bits per heavy atom. The van der Waals surface area contributed by atoms with Gasteiger partial charge in [-0.05, 0) is 30.7 Å². The number of anilines is 1. The number of hydrogen-bond acceptors (Lipinski definition) is 4. The predicted octanol–water partition coefficient (Wildman–Crippen LogP) is 1.69. The molecule has 0 radical (unpaired) electrons. The van der Waals surface area contributed by atoms with Crippen LogP contribution in [0, 0.1) is 0 Å². The topological polar surface area (TPSA) is 66.8 Å². The first-order valence-electron chi connectivity index (χ1n) is 5.97. The van der Waals surface area contributed by atoms with E-state index in [1.165, 1.54) is 7.11 Å². The van der Waals surface area contributed by atoms with Crippen molar-refractivity contribution in [3.8, 4) is 0 Å². The Bertz CT molecular complexity index is 519. The molecule has 100 valence electrons. The Kier molecular flexibility index (Phi) is 3.85. The van der Waals surface area contributed by atoms with Crippen molar-refractivity contribution in [1.82, 2.24) is 0 Å². The molecule has 0 atom stereocenters. The van der Waals surface area contributed by atoms with Crippen LogP contribution in [0.1, 0.15) is 16.8 Å². The van der Waals surface area contributed by atoms with Crippen LogP contribution in [0.5, 0.6) is 0 Å². The zero-order chi connectivity index (χ0) is 13.8. The summed E-state index contributed by atoms with van der Waals surface area (Å²) >= 11 is 0. The summed E-state index contributed by atoms with van der Waals surface area (Å²) in [6.45, 7) is 1.23. The fourth-order valence-corrected chi connectivity index (χ4v) is 2.02. The van der Waals surface area contributed by atoms with Crippen molar-refractivity contribution in [3.05, 3.63) is 41.5 Å². The zero-order valence-corrected chi connectivity index (χ0v) is 10.6. The van der Waals surface area contributed by atoms with Crippen LogP contribution in [0.4, 0.5) is 5.69 Å². The second-order valence-electron chi connectivity index (χ2n) is 4.27. The standard InChI is InChI=1S/C14H15NO4/c1-19-14(18)11-2-4-12(5-3-11)15-8-6-10(7-9-15)13(16)17/h2-6H,7-9H2,1H3,(H,16,17). The van der Waals surface area contributed by atoms with Gasteiger partial charge in [-0.3, -0.25) is 0 Å². The molecule has 0 fully saturated rings. The van der Waals surface area contributed by atoms with Crippen molar-refractivity contribution in [2.45, 2.75) is 6.42 Å². The van der Waals surface area contributed by atoms with Gasteiger partial charge in [0.25, 0.3) is 0 Å². The van der Waals surface area contributed by atoms with Gasteiger partial charge in [-0.15, -0.1) is 0 Å². The molecular weight excluding hydrogens is 246 g/mol. The number of esters is 1. The van der Waals surface area contributed by atoms with E-state index in [0.29, 0.717) is 30.6 Å². The lowest BCUT2D eigenvalue weighted by Crippen LogP contribution is -2.30. The van der Waals surface area contributed by atoms with Gasteiger partial charge in [-0.25, -0.2) is 9.59 Å². The van der Waals surface area contributed by atoms with Crippen LogP contribution in [-0.4, -0.2) is 37.2 Å². The SMILES string of the molecule is COC(=O)c1ccc(N2CC=C(C(=O)O)CC2)cc1. The summed E-state index contributed by atoms with van der Waals surface area (Å²) in [4.78, 5) is 24.2. The van der Waals surface area contributed by atoms with E-state index in [0.717, 1.165) is 5.69 Å². The number of carboxylic acid groups (broad SMARTS) is 1. The lowest BCUT2D eigenvalue weighted by molar-refractivity contribution is -0.132. The summed E-state index contributed by atoms with van der Waals surface area (Å²) in [6, 6.07) is 7.09. The largest absolute Gasteiger partial charge is 0.478 e. The minimum Gasteiger partial charge on any atom is -0.478 e. The minimum atomic E-state index is -0.847. The molecule has 1 N–H and O–H groups in total. The van der Waals surface area contributed by atoms with E-state index in [1.807, 2.05) is 12.1 Å². The van der Waals surface area contributed by atoms with Crippen LogP contribution in [0.3, 0.4) is 0 Å². The molecule has 2 rings (SSSR count). The third-order valence-electron chi connectivity index (χ3n) is 3.14. The van der Waals surface area contributed by atoms with Crippen LogP contribution >= 0.6 is 0 Å². The minimum absolute atomic E-state index is 0.363. The summed E-state index contributed by atoms with van der Waals surface area (Å²) in [5.41, 5.74) is 1.93. The molecule has 0 aliphatic carbocycles. The monoisotopic (exact) mass is 261 g/mol. The van der Waals surface area contributed by atoms with E-state index in [1.54, 1.807) is 18.2 Å². The second-order valence-corrected chi connectivity index (χ2v) is 4.27. The zero-order valence-electron chi connectivity index (χ0n) is 10.6. The summed E-state index contributed by atoms with van der Waals surface area (Å²) in [5.74, 6) is -1.21. The quantitative estimate of drug-likeness (QED) is 0.839. The van der Waals surface area contributed by atoms with E-state index >= 15 is 0 Å². The van der Waals surface area contributed by atoms with Crippen molar-refractivity contribution in [3.63, 3.8) is 0 Å². The third kappa shape index (κ3) is 2.93. The average Bonchev–Trinajstić information content (AvgIpc) is 2.46. The van der Waals surface area contributed by atoms with Gasteiger partial charge < -0.3 is 14.7 Å². The molecule has 19 heavy (non-hydrogen) atoms. The fraction of sp³-hybridized carbons (Fsp3) is 0.286. The molecular formula is C14H15NO4. The number of ether oxygens (including phenoxy) is 1. The predicted molar refractivity (Wildman–Crippen MR) is 70.3 cm³/mol. The van der Waals surface area contributed by atoms with Crippen molar-refractivity contribution < 1.29 is 19.4 Å². The van der Waals surface area contributed by atoms with Gasteiger partial charge in [-0.1, -0.05) is 6.08 Å². The molecule has 1 aliphatic rings. The maximum absolute atomic E-state index is 11.3. The number of nitrogens with zero attached hydrogens (tertiary/aromatic N) is 1. The Morgan fingerprint density at radius 1 is 1.26 bits per heavy atom. The first kappa shape index (κ1) is 13.1. The van der Waals surface area contributed by atoms with E-state index in [-0.39, 0.29) is 5.97 Å². The molecule has 0 saturated carbocycles. The normalized spacial score (nSPS) is 14.8. The van der Waals surface area contributed by atoms with E-state index in [2.05, 4.69) is 9.64 Å². The molecule has 1 heterocycles. The van der Waals surface area contributed by atoms with E-state index in [4.69, 9.17) is 5.11 Å². The van der Waals surface area contributed by atoms with Crippen LogP contribution < -0.4 is 4.90 Å². The van der Waals surface area contributed by atoms with Gasteiger partial charge in [-0.2, -0.15) is 0 Å². The molecule has 0 aromatic heterocycles. The summed E-state index contributed by atoms with van der Waals surface area (Å²) < 4.78 is 4.63. The maximum Gasteiger partial charge on any atom is 0.337 e. The number of carbonyl (C=O) groups is 2. The highest BCUT2D eigenvalue weighted by atomic mass is 16.5. The highest BCUT2D eigenvalue weighted by molar-refractivity contribution is 5.90. The number of aliphatic carboxylic acids is 1. The molecule has 0 amide bonds. The number of rotatable bonds is 3. The lowest BCUT2D eigenvalue weighted by atomic mass is 10.1. The summed E-state index contributed by atoms with van der Waals surface area (Å²) in [7, 11) is 1.35. The lowest BCUT2D eigenvalue weighted by Gasteiger charge is -2.27. The molecule has 0 saturated heterocycles. The first-order chi connectivity index (χ1) is 9.11. The molecule has 5 heteroatoms. The van der Waals surface area contributed by atoms with Gasteiger partial charge in [0.2, 0.25) is 0 Å². The number of carboxylic acids is 1. The fourth-order valence-electron chi connectivity index (χ4n) is 2.02. The summed E-state index contributed by atoms with van der Waals surface area (Å²) in [5, 5.41) is 8.88. The van der Waals surface area contributed by atoms with Crippen LogP contribution in [0.2, 0.25) is 0 Å². The second kappa shape index (κ2) is 5.56. The molecule has 1 aromatic rings. The van der Waals surface area contributed by atoms with E-state index in [9.17, 15) is 9.59 Å². The molecule has 0 bridgehead atoms. The number of benzene rings is 1. The van der Waals surface area contributed by atoms with E-state index < -0.39 is 5.97 Å². The molecule has 0 spiro atoms. The van der Waals surface area contributed by atoms with Gasteiger partial charge in [0.05, 0.1) is 12.7 Å². The third-order valence-corrected chi connectivity index (χ3v) is 3.14. The number of carbonyl (C=O) groups excluding carboxylic acids is 1. The first-order valence-corrected chi connectivity index (χ1v) is 5.97. The van der Waals surface area contributed by atoms with Crippen LogP contribution in [0.15, 0.2) is 35.9 Å². The molecule has 0 unspecified atom stereocenters. The van der Waals surface area contributed by atoms with Crippen LogP contribution in [0.25, 0.3) is 0 Å². The Hall–Kier alpha value is -2.30. The van der Waals surface area contributed by atoms with Crippen molar-refractivity contribution >= 4 is 17.6 Å².